The smallest absolute Gasteiger partial charge is 0.201 e. The maximum absolute atomic E-state index is 2.34. The molecule has 0 saturated carbocycles. The molecular weight excluding hydrogens is 230 g/mol. The summed E-state index contributed by atoms with van der Waals surface area (Å²) in [6.45, 7) is 8.93. The summed E-state index contributed by atoms with van der Waals surface area (Å²) in [5.74, 6) is 0.637. The van der Waals surface area contributed by atoms with Crippen LogP contribution < -0.4 is 4.57 Å². The highest BCUT2D eigenvalue weighted by Gasteiger charge is 2.16. The Bertz CT molecular complexity index is 564. The molecular formula is C18H24N+. The summed E-state index contributed by atoms with van der Waals surface area (Å²) in [6.07, 6.45) is 3.31. The Labute approximate surface area is 116 Å². The zero-order chi connectivity index (χ0) is 14.0. The fourth-order valence-electron chi connectivity index (χ4n) is 2.65. The maximum atomic E-state index is 2.34. The molecule has 19 heavy (non-hydrogen) atoms. The molecule has 2 rings (SSSR count). The fraction of sp³-hybridized carbons (Fsp3) is 0.389. The Hall–Kier alpha value is -1.63. The standard InChI is InChI=1S/C18H24N/c1-6-13(2)16-9-10-17(15(4)12-16)18-14(3)8-7-11-19(18)5/h7-13H,6H2,1-5H3/q+1. The minimum atomic E-state index is 0.637. The Morgan fingerprint density at radius 3 is 2.42 bits per heavy atom. The van der Waals surface area contributed by atoms with Crippen LogP contribution in [-0.4, -0.2) is 0 Å². The van der Waals surface area contributed by atoms with Crippen molar-refractivity contribution in [3.8, 4) is 11.3 Å². The number of rotatable bonds is 3. The van der Waals surface area contributed by atoms with Gasteiger partial charge in [0.25, 0.3) is 0 Å². The van der Waals surface area contributed by atoms with E-state index in [-0.39, 0.29) is 0 Å². The zero-order valence-corrected chi connectivity index (χ0v) is 12.7. The summed E-state index contributed by atoms with van der Waals surface area (Å²) in [7, 11) is 2.12. The second-order valence-electron chi connectivity index (χ2n) is 5.53. The monoisotopic (exact) mass is 254 g/mol. The molecule has 0 bridgehead atoms. The van der Waals surface area contributed by atoms with E-state index in [1.807, 2.05) is 0 Å². The van der Waals surface area contributed by atoms with E-state index in [0.717, 1.165) is 0 Å². The third-order valence-corrected chi connectivity index (χ3v) is 4.07. The second kappa shape index (κ2) is 5.56. The Morgan fingerprint density at radius 2 is 1.84 bits per heavy atom. The van der Waals surface area contributed by atoms with Crippen molar-refractivity contribution in [1.82, 2.24) is 0 Å². The summed E-state index contributed by atoms with van der Waals surface area (Å²) in [4.78, 5) is 0. The first-order valence-electron chi connectivity index (χ1n) is 7.10. The third-order valence-electron chi connectivity index (χ3n) is 4.07. The van der Waals surface area contributed by atoms with Crippen molar-refractivity contribution in [2.75, 3.05) is 0 Å². The quantitative estimate of drug-likeness (QED) is 0.719. The lowest BCUT2D eigenvalue weighted by molar-refractivity contribution is -0.660. The van der Waals surface area contributed by atoms with Crippen molar-refractivity contribution in [3.63, 3.8) is 0 Å². The first-order valence-corrected chi connectivity index (χ1v) is 7.10. The molecule has 1 heterocycles. The number of aryl methyl sites for hydroxylation is 3. The van der Waals surface area contributed by atoms with E-state index in [1.165, 1.54) is 34.4 Å². The highest BCUT2D eigenvalue weighted by Crippen LogP contribution is 2.27. The number of hydrogen-bond acceptors (Lipinski definition) is 0. The van der Waals surface area contributed by atoms with Gasteiger partial charge in [-0.3, -0.25) is 0 Å². The van der Waals surface area contributed by atoms with Crippen LogP contribution in [0.2, 0.25) is 0 Å². The van der Waals surface area contributed by atoms with Gasteiger partial charge in [0, 0.05) is 17.2 Å². The first-order chi connectivity index (χ1) is 9.04. The van der Waals surface area contributed by atoms with Crippen LogP contribution in [0.3, 0.4) is 0 Å². The number of pyridine rings is 1. The molecule has 1 unspecified atom stereocenters. The predicted molar refractivity (Wildman–Crippen MR) is 81.2 cm³/mol. The minimum Gasteiger partial charge on any atom is -0.201 e. The predicted octanol–water partition coefficient (Wildman–Crippen LogP) is 4.31. The number of aromatic nitrogens is 1. The van der Waals surface area contributed by atoms with Crippen molar-refractivity contribution in [3.05, 3.63) is 53.2 Å². The summed E-state index contributed by atoms with van der Waals surface area (Å²) < 4.78 is 2.21. The molecule has 0 saturated heterocycles. The SMILES string of the molecule is CCC(C)c1ccc(-c2c(C)ccc[n+]2C)c(C)c1. The van der Waals surface area contributed by atoms with Gasteiger partial charge in [0.15, 0.2) is 6.20 Å². The molecule has 2 aromatic rings. The Kier molecular flexibility index (Phi) is 4.04. The van der Waals surface area contributed by atoms with Gasteiger partial charge in [-0.2, -0.15) is 0 Å². The van der Waals surface area contributed by atoms with Gasteiger partial charge in [-0.15, -0.1) is 0 Å². The van der Waals surface area contributed by atoms with Gasteiger partial charge in [0.05, 0.1) is 0 Å². The van der Waals surface area contributed by atoms with E-state index in [4.69, 9.17) is 0 Å². The van der Waals surface area contributed by atoms with E-state index < -0.39 is 0 Å². The van der Waals surface area contributed by atoms with Crippen molar-refractivity contribution in [2.45, 2.75) is 40.0 Å². The van der Waals surface area contributed by atoms with Crippen LogP contribution in [0.1, 0.15) is 42.9 Å². The topological polar surface area (TPSA) is 3.88 Å². The lowest BCUT2D eigenvalue weighted by Crippen LogP contribution is -2.31. The lowest BCUT2D eigenvalue weighted by atomic mass is 9.93. The molecule has 100 valence electrons. The van der Waals surface area contributed by atoms with Gasteiger partial charge in [-0.05, 0) is 49.4 Å². The van der Waals surface area contributed by atoms with Crippen LogP contribution >= 0.6 is 0 Å². The maximum Gasteiger partial charge on any atom is 0.215 e. The Morgan fingerprint density at radius 1 is 1.11 bits per heavy atom. The molecule has 0 aliphatic carbocycles. The van der Waals surface area contributed by atoms with E-state index in [0.29, 0.717) is 5.92 Å². The van der Waals surface area contributed by atoms with Gasteiger partial charge in [0.2, 0.25) is 5.69 Å². The number of benzene rings is 1. The van der Waals surface area contributed by atoms with Gasteiger partial charge < -0.3 is 0 Å². The van der Waals surface area contributed by atoms with Crippen LogP contribution in [0, 0.1) is 13.8 Å². The molecule has 0 amide bonds. The highest BCUT2D eigenvalue weighted by molar-refractivity contribution is 5.64. The molecule has 0 spiro atoms. The molecule has 0 aliphatic heterocycles. The molecule has 0 N–H and O–H groups in total. The highest BCUT2D eigenvalue weighted by atomic mass is 14.9. The molecule has 0 aliphatic rings. The third kappa shape index (κ3) is 2.70. The van der Waals surface area contributed by atoms with Crippen LogP contribution in [0.5, 0.6) is 0 Å². The van der Waals surface area contributed by atoms with Gasteiger partial charge in [-0.1, -0.05) is 26.0 Å². The van der Waals surface area contributed by atoms with Crippen LogP contribution in [0.15, 0.2) is 36.5 Å². The van der Waals surface area contributed by atoms with Crippen molar-refractivity contribution in [2.24, 2.45) is 7.05 Å². The minimum absolute atomic E-state index is 0.637. The van der Waals surface area contributed by atoms with Crippen molar-refractivity contribution in [1.29, 1.82) is 0 Å². The Balaban J connectivity index is 2.53. The van der Waals surface area contributed by atoms with Crippen LogP contribution in [0.25, 0.3) is 11.3 Å². The van der Waals surface area contributed by atoms with Gasteiger partial charge >= 0.3 is 0 Å². The van der Waals surface area contributed by atoms with Crippen molar-refractivity contribution < 1.29 is 4.57 Å². The summed E-state index contributed by atoms with van der Waals surface area (Å²) in [6, 6.07) is 11.2. The largest absolute Gasteiger partial charge is 0.215 e. The summed E-state index contributed by atoms with van der Waals surface area (Å²) in [5.41, 5.74) is 6.79. The summed E-state index contributed by atoms with van der Waals surface area (Å²) >= 11 is 0. The van der Waals surface area contributed by atoms with Crippen LogP contribution in [-0.2, 0) is 7.05 Å². The second-order valence-corrected chi connectivity index (χ2v) is 5.53. The lowest BCUT2D eigenvalue weighted by Gasteiger charge is -2.12. The molecule has 1 aromatic carbocycles. The van der Waals surface area contributed by atoms with Gasteiger partial charge in [0.1, 0.15) is 7.05 Å². The first kappa shape index (κ1) is 13.8. The molecule has 1 aromatic heterocycles. The normalized spacial score (nSPS) is 12.5. The molecule has 1 nitrogen and oxygen atoms in total. The molecule has 0 radical (unpaired) electrons. The molecule has 1 atom stereocenters. The van der Waals surface area contributed by atoms with E-state index in [9.17, 15) is 0 Å². The zero-order valence-electron chi connectivity index (χ0n) is 12.7. The number of hydrogen-bond donors (Lipinski definition) is 0. The number of nitrogens with zero attached hydrogens (tertiary/aromatic N) is 1. The average Bonchev–Trinajstić information content (AvgIpc) is 2.39. The van der Waals surface area contributed by atoms with Crippen LogP contribution in [0.4, 0.5) is 0 Å². The van der Waals surface area contributed by atoms with E-state index in [2.05, 4.69) is 75.8 Å². The van der Waals surface area contributed by atoms with E-state index in [1.54, 1.807) is 0 Å². The fourth-order valence-corrected chi connectivity index (χ4v) is 2.65. The van der Waals surface area contributed by atoms with E-state index >= 15 is 0 Å². The van der Waals surface area contributed by atoms with Crippen molar-refractivity contribution >= 4 is 0 Å². The molecule has 1 heteroatoms. The van der Waals surface area contributed by atoms with Gasteiger partial charge in [-0.25, -0.2) is 4.57 Å². The molecule has 0 fully saturated rings. The average molecular weight is 254 g/mol. The summed E-state index contributed by atoms with van der Waals surface area (Å²) in [5, 5.41) is 0.